The number of aromatic nitrogens is 2. The number of carbonyl (C=O) groups excluding carboxylic acids is 1. The molecule has 3 nitrogen and oxygen atoms in total. The Morgan fingerprint density at radius 2 is 2.40 bits per heavy atom. The average Bonchev–Trinajstić information content (AvgIpc) is 2.72. The molecule has 0 amide bonds. The lowest BCUT2D eigenvalue weighted by molar-refractivity contribution is 0.111. The number of carbonyl (C=O) groups is 1. The summed E-state index contributed by atoms with van der Waals surface area (Å²) in [4.78, 5) is 14.8. The van der Waals surface area contributed by atoms with Crippen molar-refractivity contribution >= 4 is 22.2 Å². The van der Waals surface area contributed by atoms with Gasteiger partial charge >= 0.3 is 0 Å². The first-order valence-electron chi connectivity index (χ1n) is 5.27. The first-order valence-corrected chi connectivity index (χ1v) is 6.39. The third-order valence-corrected chi connectivity index (χ3v) is 3.40. The van der Waals surface area contributed by atoms with Crippen molar-refractivity contribution in [2.24, 2.45) is 5.92 Å². The number of rotatable bonds is 6. The molecule has 0 fully saturated rings. The van der Waals surface area contributed by atoms with Gasteiger partial charge in [-0.25, -0.2) is 4.98 Å². The van der Waals surface area contributed by atoms with Crippen LogP contribution in [0.3, 0.4) is 0 Å². The molecular formula is C11H17BrN2O. The number of halogens is 1. The van der Waals surface area contributed by atoms with Crippen LogP contribution in [0, 0.1) is 5.92 Å². The molecule has 84 valence electrons. The molecule has 2 atom stereocenters. The highest BCUT2D eigenvalue weighted by atomic mass is 79.9. The van der Waals surface area contributed by atoms with Crippen LogP contribution in [0.5, 0.6) is 0 Å². The Balaban J connectivity index is 2.81. The maximum atomic E-state index is 10.8. The maximum absolute atomic E-state index is 10.8. The van der Waals surface area contributed by atoms with Crippen molar-refractivity contribution in [3.63, 3.8) is 0 Å². The Bertz CT molecular complexity index is 311. The first kappa shape index (κ1) is 12.4. The topological polar surface area (TPSA) is 34.9 Å². The van der Waals surface area contributed by atoms with Crippen molar-refractivity contribution in [1.29, 1.82) is 0 Å². The van der Waals surface area contributed by atoms with E-state index in [-0.39, 0.29) is 0 Å². The van der Waals surface area contributed by atoms with Gasteiger partial charge in [0.15, 0.2) is 6.29 Å². The van der Waals surface area contributed by atoms with Gasteiger partial charge in [0.1, 0.15) is 5.69 Å². The summed E-state index contributed by atoms with van der Waals surface area (Å²) < 4.78 is 1.96. The lowest BCUT2D eigenvalue weighted by atomic mass is 9.95. The standard InChI is InChI=1S/C11H17BrN2O/c1-3-10(4-5-12)9(2)14-8-13-6-11(14)7-15/h6-10H,3-5H2,1-2H3. The number of alkyl halides is 1. The van der Waals surface area contributed by atoms with Gasteiger partial charge in [0.2, 0.25) is 0 Å². The van der Waals surface area contributed by atoms with Gasteiger partial charge in [0.05, 0.1) is 12.5 Å². The van der Waals surface area contributed by atoms with Crippen molar-refractivity contribution in [2.75, 3.05) is 5.33 Å². The molecule has 2 unspecified atom stereocenters. The molecule has 0 saturated carbocycles. The highest BCUT2D eigenvalue weighted by molar-refractivity contribution is 9.09. The fourth-order valence-electron chi connectivity index (χ4n) is 1.90. The largest absolute Gasteiger partial charge is 0.325 e. The van der Waals surface area contributed by atoms with Crippen LogP contribution in [0.1, 0.15) is 43.2 Å². The molecule has 0 aliphatic carbocycles. The Morgan fingerprint density at radius 3 is 2.93 bits per heavy atom. The minimum absolute atomic E-state index is 0.329. The van der Waals surface area contributed by atoms with Crippen LogP contribution >= 0.6 is 15.9 Å². The van der Waals surface area contributed by atoms with Crippen LogP contribution in [0.2, 0.25) is 0 Å². The van der Waals surface area contributed by atoms with Gasteiger partial charge in [-0.15, -0.1) is 0 Å². The van der Waals surface area contributed by atoms with Gasteiger partial charge in [-0.2, -0.15) is 0 Å². The molecule has 0 aliphatic heterocycles. The van der Waals surface area contributed by atoms with E-state index in [1.165, 1.54) is 0 Å². The van der Waals surface area contributed by atoms with Crippen molar-refractivity contribution in [3.05, 3.63) is 18.2 Å². The smallest absolute Gasteiger partial charge is 0.168 e. The second-order valence-corrected chi connectivity index (χ2v) is 4.52. The third kappa shape index (κ3) is 2.91. The molecule has 0 saturated heterocycles. The Hall–Kier alpha value is -0.640. The second kappa shape index (κ2) is 6.05. The Kier molecular flexibility index (Phi) is 5.02. The van der Waals surface area contributed by atoms with Crippen molar-refractivity contribution in [3.8, 4) is 0 Å². The fourth-order valence-corrected chi connectivity index (χ4v) is 2.49. The van der Waals surface area contributed by atoms with Gasteiger partial charge in [0, 0.05) is 11.4 Å². The highest BCUT2D eigenvalue weighted by Crippen LogP contribution is 2.25. The number of hydrogen-bond acceptors (Lipinski definition) is 2. The first-order chi connectivity index (χ1) is 7.24. The predicted octanol–water partition coefficient (Wildman–Crippen LogP) is 3.07. The summed E-state index contributed by atoms with van der Waals surface area (Å²) >= 11 is 3.46. The zero-order valence-electron chi connectivity index (χ0n) is 9.19. The average molecular weight is 273 g/mol. The molecule has 1 heterocycles. The van der Waals surface area contributed by atoms with Gasteiger partial charge in [0.25, 0.3) is 0 Å². The van der Waals surface area contributed by atoms with E-state index in [0.717, 1.165) is 24.5 Å². The van der Waals surface area contributed by atoms with E-state index in [1.54, 1.807) is 12.5 Å². The Morgan fingerprint density at radius 1 is 1.67 bits per heavy atom. The molecule has 1 aromatic heterocycles. The van der Waals surface area contributed by atoms with E-state index in [4.69, 9.17) is 0 Å². The van der Waals surface area contributed by atoms with Crippen LogP contribution in [0.15, 0.2) is 12.5 Å². The molecule has 15 heavy (non-hydrogen) atoms. The minimum atomic E-state index is 0.329. The summed E-state index contributed by atoms with van der Waals surface area (Å²) in [7, 11) is 0. The van der Waals surface area contributed by atoms with Crippen molar-refractivity contribution in [2.45, 2.75) is 32.7 Å². The Labute approximate surface area is 99.0 Å². The quantitative estimate of drug-likeness (QED) is 0.589. The molecule has 4 heteroatoms. The van der Waals surface area contributed by atoms with E-state index >= 15 is 0 Å². The van der Waals surface area contributed by atoms with Crippen LogP contribution in [-0.4, -0.2) is 21.2 Å². The summed E-state index contributed by atoms with van der Waals surface area (Å²) in [5, 5.41) is 1.00. The predicted molar refractivity (Wildman–Crippen MR) is 64.5 cm³/mol. The third-order valence-electron chi connectivity index (χ3n) is 2.94. The molecular weight excluding hydrogens is 256 g/mol. The SMILES string of the molecule is CCC(CCBr)C(C)n1cncc1C=O. The summed E-state index contributed by atoms with van der Waals surface area (Å²) in [5.74, 6) is 0.581. The number of nitrogens with zero attached hydrogens (tertiary/aromatic N) is 2. The lowest BCUT2D eigenvalue weighted by Crippen LogP contribution is -2.17. The second-order valence-electron chi connectivity index (χ2n) is 3.73. The van der Waals surface area contributed by atoms with E-state index in [1.807, 2.05) is 4.57 Å². The number of aldehydes is 1. The van der Waals surface area contributed by atoms with Gasteiger partial charge in [-0.05, 0) is 19.3 Å². The molecule has 0 aliphatic rings. The van der Waals surface area contributed by atoms with Gasteiger partial charge in [-0.1, -0.05) is 29.3 Å². The molecule has 0 aromatic carbocycles. The summed E-state index contributed by atoms with van der Waals surface area (Å²) in [6, 6.07) is 0.329. The highest BCUT2D eigenvalue weighted by Gasteiger charge is 2.18. The summed E-state index contributed by atoms with van der Waals surface area (Å²) in [5.41, 5.74) is 0.663. The van der Waals surface area contributed by atoms with Crippen molar-refractivity contribution in [1.82, 2.24) is 9.55 Å². The van der Waals surface area contributed by atoms with E-state index < -0.39 is 0 Å². The van der Waals surface area contributed by atoms with Gasteiger partial charge < -0.3 is 4.57 Å². The minimum Gasteiger partial charge on any atom is -0.325 e. The normalized spacial score (nSPS) is 14.9. The van der Waals surface area contributed by atoms with Crippen LogP contribution in [0.4, 0.5) is 0 Å². The van der Waals surface area contributed by atoms with E-state index in [9.17, 15) is 4.79 Å². The van der Waals surface area contributed by atoms with Crippen molar-refractivity contribution < 1.29 is 4.79 Å². The van der Waals surface area contributed by atoms with Crippen LogP contribution in [0.25, 0.3) is 0 Å². The summed E-state index contributed by atoms with van der Waals surface area (Å²) in [6.45, 7) is 4.33. The van der Waals surface area contributed by atoms with E-state index in [2.05, 4.69) is 34.8 Å². The zero-order chi connectivity index (χ0) is 11.3. The van der Waals surface area contributed by atoms with Crippen LogP contribution in [-0.2, 0) is 0 Å². The molecule has 0 radical (unpaired) electrons. The molecule has 0 N–H and O–H groups in total. The zero-order valence-corrected chi connectivity index (χ0v) is 10.8. The number of hydrogen-bond donors (Lipinski definition) is 0. The molecule has 1 aromatic rings. The van der Waals surface area contributed by atoms with Crippen LogP contribution < -0.4 is 0 Å². The monoisotopic (exact) mass is 272 g/mol. The van der Waals surface area contributed by atoms with E-state index in [0.29, 0.717) is 17.7 Å². The number of imidazole rings is 1. The molecule has 0 spiro atoms. The summed E-state index contributed by atoms with van der Waals surface area (Å²) in [6.07, 6.45) is 6.46. The lowest BCUT2D eigenvalue weighted by Gasteiger charge is -2.24. The fraction of sp³-hybridized carbons (Fsp3) is 0.636. The molecule has 1 rings (SSSR count). The molecule has 0 bridgehead atoms. The maximum Gasteiger partial charge on any atom is 0.168 e. The van der Waals surface area contributed by atoms with Gasteiger partial charge in [-0.3, -0.25) is 4.79 Å².